The largest absolute Gasteiger partial charge is 0.296 e. The SMILES string of the molecule is CC(C)CN1C(=O)[C@H](Cc2ccc(Cl)cc2)SC1=S. The molecule has 1 amide bonds. The van der Waals surface area contributed by atoms with Gasteiger partial charge in [0.05, 0.1) is 5.25 Å². The summed E-state index contributed by atoms with van der Waals surface area (Å²) in [6.45, 7) is 4.89. The molecule has 0 unspecified atom stereocenters. The van der Waals surface area contributed by atoms with E-state index in [0.29, 0.717) is 28.2 Å². The van der Waals surface area contributed by atoms with Crippen LogP contribution in [0, 0.1) is 5.92 Å². The van der Waals surface area contributed by atoms with Gasteiger partial charge in [-0.1, -0.05) is 61.6 Å². The van der Waals surface area contributed by atoms with Gasteiger partial charge in [0, 0.05) is 11.6 Å². The van der Waals surface area contributed by atoms with Gasteiger partial charge in [-0.25, -0.2) is 0 Å². The fraction of sp³-hybridized carbons (Fsp3) is 0.429. The Morgan fingerprint density at radius 1 is 1.37 bits per heavy atom. The molecule has 0 bridgehead atoms. The van der Waals surface area contributed by atoms with Crippen molar-refractivity contribution in [3.8, 4) is 0 Å². The van der Waals surface area contributed by atoms with Crippen LogP contribution in [0.1, 0.15) is 19.4 Å². The van der Waals surface area contributed by atoms with Crippen molar-refractivity contribution in [1.82, 2.24) is 4.90 Å². The zero-order valence-electron chi connectivity index (χ0n) is 10.9. The maximum Gasteiger partial charge on any atom is 0.241 e. The smallest absolute Gasteiger partial charge is 0.241 e. The molecule has 1 aromatic rings. The molecule has 19 heavy (non-hydrogen) atoms. The maximum atomic E-state index is 12.3. The number of carbonyl (C=O) groups is 1. The van der Waals surface area contributed by atoms with Crippen molar-refractivity contribution in [2.75, 3.05) is 6.54 Å². The van der Waals surface area contributed by atoms with E-state index in [4.69, 9.17) is 23.8 Å². The summed E-state index contributed by atoms with van der Waals surface area (Å²) < 4.78 is 0.706. The molecule has 1 fully saturated rings. The number of hydrogen-bond donors (Lipinski definition) is 0. The number of thiocarbonyl (C=S) groups is 1. The van der Waals surface area contributed by atoms with E-state index < -0.39 is 0 Å². The molecule has 0 saturated carbocycles. The lowest BCUT2D eigenvalue weighted by Gasteiger charge is -2.17. The van der Waals surface area contributed by atoms with Crippen molar-refractivity contribution in [2.45, 2.75) is 25.5 Å². The van der Waals surface area contributed by atoms with Gasteiger partial charge in [0.15, 0.2) is 0 Å². The van der Waals surface area contributed by atoms with Gasteiger partial charge in [-0.15, -0.1) is 0 Å². The fourth-order valence-corrected chi connectivity index (χ4v) is 3.67. The van der Waals surface area contributed by atoms with Crippen LogP contribution in [0.15, 0.2) is 24.3 Å². The maximum absolute atomic E-state index is 12.3. The molecule has 2 nitrogen and oxygen atoms in total. The van der Waals surface area contributed by atoms with E-state index in [1.54, 1.807) is 4.90 Å². The average Bonchev–Trinajstić information content (AvgIpc) is 2.60. The highest BCUT2D eigenvalue weighted by molar-refractivity contribution is 8.24. The molecule has 1 aliphatic heterocycles. The summed E-state index contributed by atoms with van der Waals surface area (Å²) in [5.74, 6) is 0.565. The Labute approximate surface area is 128 Å². The molecule has 0 N–H and O–H groups in total. The summed E-state index contributed by atoms with van der Waals surface area (Å²) in [4.78, 5) is 14.1. The Bertz CT molecular complexity index is 487. The Morgan fingerprint density at radius 2 is 2.00 bits per heavy atom. The van der Waals surface area contributed by atoms with Crippen LogP contribution in [-0.4, -0.2) is 26.9 Å². The Kier molecular flexibility index (Phi) is 4.87. The van der Waals surface area contributed by atoms with Crippen molar-refractivity contribution in [2.24, 2.45) is 5.92 Å². The third kappa shape index (κ3) is 3.71. The number of thioether (sulfide) groups is 1. The van der Waals surface area contributed by atoms with E-state index in [1.165, 1.54) is 11.8 Å². The first-order valence-electron chi connectivity index (χ1n) is 6.24. The number of halogens is 1. The fourth-order valence-electron chi connectivity index (χ4n) is 1.99. The summed E-state index contributed by atoms with van der Waals surface area (Å²) in [6.07, 6.45) is 0.704. The summed E-state index contributed by atoms with van der Waals surface area (Å²) in [5, 5.41) is 0.624. The van der Waals surface area contributed by atoms with E-state index in [1.807, 2.05) is 24.3 Å². The van der Waals surface area contributed by atoms with Crippen LogP contribution in [0.25, 0.3) is 0 Å². The van der Waals surface area contributed by atoms with Crippen molar-refractivity contribution >= 4 is 45.8 Å². The molecule has 1 aliphatic rings. The third-order valence-electron chi connectivity index (χ3n) is 2.89. The van der Waals surface area contributed by atoms with Crippen molar-refractivity contribution in [3.05, 3.63) is 34.9 Å². The van der Waals surface area contributed by atoms with E-state index in [2.05, 4.69) is 13.8 Å². The first-order chi connectivity index (χ1) is 8.97. The van der Waals surface area contributed by atoms with E-state index in [9.17, 15) is 4.79 Å². The zero-order chi connectivity index (χ0) is 14.0. The van der Waals surface area contributed by atoms with Crippen LogP contribution in [0.2, 0.25) is 5.02 Å². The summed E-state index contributed by atoms with van der Waals surface area (Å²) >= 11 is 12.7. The molecule has 1 saturated heterocycles. The summed E-state index contributed by atoms with van der Waals surface area (Å²) in [6, 6.07) is 7.63. The highest BCUT2D eigenvalue weighted by Crippen LogP contribution is 2.30. The second-order valence-corrected chi connectivity index (χ2v) is 7.32. The van der Waals surface area contributed by atoms with Crippen LogP contribution < -0.4 is 0 Å². The zero-order valence-corrected chi connectivity index (χ0v) is 13.3. The van der Waals surface area contributed by atoms with Crippen LogP contribution in [0.5, 0.6) is 0 Å². The van der Waals surface area contributed by atoms with Crippen molar-refractivity contribution < 1.29 is 4.79 Å². The molecule has 2 rings (SSSR count). The van der Waals surface area contributed by atoms with E-state index >= 15 is 0 Å². The highest BCUT2D eigenvalue weighted by atomic mass is 35.5. The van der Waals surface area contributed by atoms with Gasteiger partial charge in [0.2, 0.25) is 5.91 Å². The van der Waals surface area contributed by atoms with Gasteiger partial charge in [0.25, 0.3) is 0 Å². The minimum absolute atomic E-state index is 0.0903. The van der Waals surface area contributed by atoms with Crippen LogP contribution >= 0.6 is 35.6 Å². The van der Waals surface area contributed by atoms with Crippen LogP contribution in [0.3, 0.4) is 0 Å². The lowest BCUT2D eigenvalue weighted by molar-refractivity contribution is -0.126. The quantitative estimate of drug-likeness (QED) is 0.789. The average molecular weight is 314 g/mol. The molecule has 5 heteroatoms. The van der Waals surface area contributed by atoms with Crippen LogP contribution in [-0.2, 0) is 11.2 Å². The summed E-state index contributed by atoms with van der Waals surface area (Å²) in [5.41, 5.74) is 1.12. The second-order valence-electron chi connectivity index (χ2n) is 5.05. The van der Waals surface area contributed by atoms with Crippen molar-refractivity contribution in [1.29, 1.82) is 0 Å². The van der Waals surface area contributed by atoms with Gasteiger partial charge < -0.3 is 0 Å². The number of carbonyl (C=O) groups excluding carboxylic acids is 1. The monoisotopic (exact) mass is 313 g/mol. The summed E-state index contributed by atoms with van der Waals surface area (Å²) in [7, 11) is 0. The molecule has 1 atom stereocenters. The first-order valence-corrected chi connectivity index (χ1v) is 7.90. The number of rotatable bonds is 4. The van der Waals surface area contributed by atoms with Crippen molar-refractivity contribution in [3.63, 3.8) is 0 Å². The number of benzene rings is 1. The van der Waals surface area contributed by atoms with Crippen LogP contribution in [0.4, 0.5) is 0 Å². The molecule has 1 aromatic carbocycles. The molecule has 1 heterocycles. The van der Waals surface area contributed by atoms with Gasteiger partial charge in [0.1, 0.15) is 4.32 Å². The van der Waals surface area contributed by atoms with E-state index in [0.717, 1.165) is 5.56 Å². The Morgan fingerprint density at radius 3 is 2.58 bits per heavy atom. The molecular weight excluding hydrogens is 298 g/mol. The van der Waals surface area contributed by atoms with Gasteiger partial charge in [-0.05, 0) is 30.0 Å². The topological polar surface area (TPSA) is 20.3 Å². The number of amides is 1. The lowest BCUT2D eigenvalue weighted by atomic mass is 10.1. The Hall–Kier alpha value is -0.580. The second kappa shape index (κ2) is 6.25. The molecule has 0 radical (unpaired) electrons. The molecular formula is C14H16ClNOS2. The lowest BCUT2D eigenvalue weighted by Crippen LogP contribution is -2.34. The van der Waals surface area contributed by atoms with Gasteiger partial charge in [-0.2, -0.15) is 0 Å². The Balaban J connectivity index is 2.04. The normalized spacial score (nSPS) is 19.6. The molecule has 0 aliphatic carbocycles. The number of hydrogen-bond acceptors (Lipinski definition) is 3. The van der Waals surface area contributed by atoms with E-state index in [-0.39, 0.29) is 11.2 Å². The molecule has 0 aromatic heterocycles. The standard InChI is InChI=1S/C14H16ClNOS2/c1-9(2)8-16-13(17)12(19-14(16)18)7-10-3-5-11(15)6-4-10/h3-6,9,12H,7-8H2,1-2H3/t12-/m0/s1. The minimum atomic E-state index is -0.0903. The predicted molar refractivity (Wildman–Crippen MR) is 85.7 cm³/mol. The molecule has 102 valence electrons. The minimum Gasteiger partial charge on any atom is -0.296 e. The van der Waals surface area contributed by atoms with Gasteiger partial charge >= 0.3 is 0 Å². The first kappa shape index (κ1) is 14.8. The van der Waals surface area contributed by atoms with Gasteiger partial charge in [-0.3, -0.25) is 9.69 Å². The molecule has 0 spiro atoms. The third-order valence-corrected chi connectivity index (χ3v) is 4.72. The predicted octanol–water partition coefficient (Wildman–Crippen LogP) is 3.77. The highest BCUT2D eigenvalue weighted by Gasteiger charge is 2.36. The number of nitrogens with zero attached hydrogens (tertiary/aromatic N) is 1.